The van der Waals surface area contributed by atoms with Crippen molar-refractivity contribution in [3.8, 4) is 0 Å². The molecule has 0 amide bonds. The zero-order valence-electron chi connectivity index (χ0n) is 19.0. The molecule has 1 saturated heterocycles. The monoisotopic (exact) mass is 493 g/mol. The van der Waals surface area contributed by atoms with Gasteiger partial charge in [0.2, 0.25) is 0 Å². The molecule has 2 aliphatic rings. The standard InChI is InChI=1S/C25H24ClN5O2S/c1-13-18(26)8-14-4-5-16(10-19(14)30-13)34-11-15-9-20(22-21(15)32-25(2,3)33-22)31-7-6-17-23(27)28-12-29-24(17)31/h4-10,12,20-22H,11H2,1-3H3,(H2,27,28,29)/t20-,21-,22+/m1/s1. The number of hydrogen-bond acceptors (Lipinski definition) is 7. The average molecular weight is 494 g/mol. The summed E-state index contributed by atoms with van der Waals surface area (Å²) in [6.07, 6.45) is 5.49. The second kappa shape index (κ2) is 7.95. The molecule has 174 valence electrons. The molecule has 0 radical (unpaired) electrons. The number of benzene rings is 1. The summed E-state index contributed by atoms with van der Waals surface area (Å²) < 4.78 is 14.8. The number of thioether (sulfide) groups is 1. The Hall–Kier alpha value is -2.65. The summed E-state index contributed by atoms with van der Waals surface area (Å²) in [5, 5.41) is 2.56. The molecule has 1 aliphatic carbocycles. The molecule has 4 heterocycles. The van der Waals surface area contributed by atoms with Crippen molar-refractivity contribution in [2.75, 3.05) is 11.5 Å². The van der Waals surface area contributed by atoms with Gasteiger partial charge in [-0.2, -0.15) is 0 Å². The zero-order chi connectivity index (χ0) is 23.6. The third kappa shape index (κ3) is 3.65. The number of rotatable bonds is 4. The molecule has 6 rings (SSSR count). The van der Waals surface area contributed by atoms with Gasteiger partial charge in [0.25, 0.3) is 0 Å². The largest absolute Gasteiger partial charge is 0.383 e. The number of nitrogens with two attached hydrogens (primary N) is 1. The molecule has 9 heteroatoms. The van der Waals surface area contributed by atoms with Gasteiger partial charge in [0, 0.05) is 22.2 Å². The van der Waals surface area contributed by atoms with Gasteiger partial charge < -0.3 is 19.8 Å². The van der Waals surface area contributed by atoms with E-state index in [-0.39, 0.29) is 18.2 Å². The summed E-state index contributed by atoms with van der Waals surface area (Å²) in [6, 6.07) is 10.2. The average Bonchev–Trinajstić information content (AvgIpc) is 3.45. The first-order valence-electron chi connectivity index (χ1n) is 11.1. The summed E-state index contributed by atoms with van der Waals surface area (Å²) in [7, 11) is 0. The molecule has 3 aromatic heterocycles. The molecular formula is C25H24ClN5O2S. The van der Waals surface area contributed by atoms with Gasteiger partial charge in [-0.15, -0.1) is 11.8 Å². The number of halogens is 1. The topological polar surface area (TPSA) is 88.1 Å². The molecular weight excluding hydrogens is 470 g/mol. The van der Waals surface area contributed by atoms with Crippen LogP contribution in [0.15, 0.2) is 59.4 Å². The predicted molar refractivity (Wildman–Crippen MR) is 135 cm³/mol. The summed E-state index contributed by atoms with van der Waals surface area (Å²) in [4.78, 5) is 14.4. The van der Waals surface area contributed by atoms with Gasteiger partial charge in [-0.1, -0.05) is 23.7 Å². The van der Waals surface area contributed by atoms with Gasteiger partial charge in [-0.3, -0.25) is 4.98 Å². The molecule has 1 fully saturated rings. The van der Waals surface area contributed by atoms with E-state index in [0.717, 1.165) is 38.3 Å². The molecule has 34 heavy (non-hydrogen) atoms. The highest BCUT2D eigenvalue weighted by atomic mass is 35.5. The maximum absolute atomic E-state index is 6.35. The van der Waals surface area contributed by atoms with Crippen molar-refractivity contribution in [1.29, 1.82) is 0 Å². The van der Waals surface area contributed by atoms with Gasteiger partial charge in [0.05, 0.1) is 27.7 Å². The van der Waals surface area contributed by atoms with Crippen LogP contribution in [0.4, 0.5) is 5.82 Å². The number of ether oxygens (including phenoxy) is 2. The lowest BCUT2D eigenvalue weighted by Crippen LogP contribution is -2.28. The number of pyridine rings is 1. The van der Waals surface area contributed by atoms with E-state index in [1.165, 1.54) is 11.9 Å². The first-order chi connectivity index (χ1) is 16.3. The SMILES string of the molecule is Cc1nc2cc(SCC3=C[C@@H](n4ccc5c(N)ncnc54)[C@@H]4OC(C)(C)O[C@H]34)ccc2cc1Cl. The minimum absolute atomic E-state index is 0.0442. The van der Waals surface area contributed by atoms with Crippen LogP contribution in [0.5, 0.6) is 0 Å². The molecule has 2 N–H and O–H groups in total. The lowest BCUT2D eigenvalue weighted by Gasteiger charge is -2.22. The first kappa shape index (κ1) is 21.9. The van der Waals surface area contributed by atoms with Crippen molar-refractivity contribution in [1.82, 2.24) is 19.5 Å². The van der Waals surface area contributed by atoms with E-state index in [9.17, 15) is 0 Å². The third-order valence-electron chi connectivity index (χ3n) is 6.40. The Balaban J connectivity index is 1.31. The summed E-state index contributed by atoms with van der Waals surface area (Å²) in [5.74, 6) is 0.604. The Bertz CT molecular complexity index is 1470. The normalized spacial score (nSPS) is 23.5. The fraction of sp³-hybridized carbons (Fsp3) is 0.320. The van der Waals surface area contributed by atoms with Crippen LogP contribution in [0.1, 0.15) is 25.6 Å². The fourth-order valence-electron chi connectivity index (χ4n) is 4.81. The number of nitrogen functional groups attached to an aromatic ring is 1. The van der Waals surface area contributed by atoms with Crippen molar-refractivity contribution in [2.24, 2.45) is 0 Å². The summed E-state index contributed by atoms with van der Waals surface area (Å²) >= 11 is 8.00. The van der Waals surface area contributed by atoms with Crippen LogP contribution in [0.2, 0.25) is 5.02 Å². The van der Waals surface area contributed by atoms with Crippen LogP contribution in [0, 0.1) is 6.92 Å². The lowest BCUT2D eigenvalue weighted by atomic mass is 10.1. The van der Waals surface area contributed by atoms with E-state index in [2.05, 4.69) is 43.8 Å². The third-order valence-corrected chi connectivity index (χ3v) is 7.85. The lowest BCUT2D eigenvalue weighted by molar-refractivity contribution is -0.147. The molecule has 1 aromatic carbocycles. The molecule has 7 nitrogen and oxygen atoms in total. The summed E-state index contributed by atoms with van der Waals surface area (Å²) in [5.41, 5.74) is 9.84. The molecule has 1 aliphatic heterocycles. The number of nitrogens with zero attached hydrogens (tertiary/aromatic N) is 4. The number of aromatic nitrogens is 4. The van der Waals surface area contributed by atoms with Crippen LogP contribution >= 0.6 is 23.4 Å². The highest BCUT2D eigenvalue weighted by Crippen LogP contribution is 2.45. The number of fused-ring (bicyclic) bond motifs is 3. The second-order valence-electron chi connectivity index (χ2n) is 9.17. The highest BCUT2D eigenvalue weighted by Gasteiger charge is 2.50. The van der Waals surface area contributed by atoms with Gasteiger partial charge in [-0.25, -0.2) is 9.97 Å². The highest BCUT2D eigenvalue weighted by molar-refractivity contribution is 7.99. The number of hydrogen-bond donors (Lipinski definition) is 1. The van der Waals surface area contributed by atoms with Crippen molar-refractivity contribution < 1.29 is 9.47 Å². The molecule has 0 bridgehead atoms. The minimum Gasteiger partial charge on any atom is -0.383 e. The van der Waals surface area contributed by atoms with Gasteiger partial charge in [0.15, 0.2) is 5.79 Å². The molecule has 0 spiro atoms. The second-order valence-corrected chi connectivity index (χ2v) is 10.6. The quantitative estimate of drug-likeness (QED) is 0.304. The van der Waals surface area contributed by atoms with Crippen LogP contribution in [-0.2, 0) is 9.47 Å². The first-order valence-corrected chi connectivity index (χ1v) is 12.5. The van der Waals surface area contributed by atoms with E-state index < -0.39 is 5.79 Å². The number of anilines is 1. The van der Waals surface area contributed by atoms with Gasteiger partial charge in [0.1, 0.15) is 30.0 Å². The van der Waals surface area contributed by atoms with E-state index in [1.807, 2.05) is 39.1 Å². The van der Waals surface area contributed by atoms with Crippen LogP contribution < -0.4 is 5.73 Å². The molecule has 4 aromatic rings. The van der Waals surface area contributed by atoms with Crippen LogP contribution in [0.3, 0.4) is 0 Å². The van der Waals surface area contributed by atoms with E-state index in [4.69, 9.17) is 26.8 Å². The Morgan fingerprint density at radius 3 is 2.88 bits per heavy atom. The maximum atomic E-state index is 6.35. The molecule has 3 atom stereocenters. The van der Waals surface area contributed by atoms with Crippen LogP contribution in [0.25, 0.3) is 21.9 Å². The Morgan fingerprint density at radius 1 is 1.18 bits per heavy atom. The Labute approximate surface area is 206 Å². The van der Waals surface area contributed by atoms with Crippen LogP contribution in [-0.4, -0.2) is 43.3 Å². The van der Waals surface area contributed by atoms with E-state index in [1.54, 1.807) is 11.8 Å². The van der Waals surface area contributed by atoms with Crippen molar-refractivity contribution >= 4 is 51.1 Å². The van der Waals surface area contributed by atoms with Crippen molar-refractivity contribution in [3.63, 3.8) is 0 Å². The Morgan fingerprint density at radius 2 is 2.03 bits per heavy atom. The maximum Gasteiger partial charge on any atom is 0.164 e. The van der Waals surface area contributed by atoms with E-state index in [0.29, 0.717) is 10.8 Å². The van der Waals surface area contributed by atoms with Crippen molar-refractivity contribution in [2.45, 2.75) is 49.7 Å². The smallest absolute Gasteiger partial charge is 0.164 e. The van der Waals surface area contributed by atoms with E-state index >= 15 is 0 Å². The molecule has 0 unspecified atom stereocenters. The minimum atomic E-state index is -0.654. The predicted octanol–water partition coefficient (Wildman–Crippen LogP) is 5.32. The molecule has 0 saturated carbocycles. The van der Waals surface area contributed by atoms with Gasteiger partial charge in [-0.05, 0) is 50.6 Å². The number of aryl methyl sites for hydroxylation is 1. The summed E-state index contributed by atoms with van der Waals surface area (Å²) in [6.45, 7) is 5.85. The fourth-order valence-corrected chi connectivity index (χ4v) is 5.92. The van der Waals surface area contributed by atoms with Gasteiger partial charge >= 0.3 is 0 Å². The zero-order valence-corrected chi connectivity index (χ0v) is 20.6. The van der Waals surface area contributed by atoms with Crippen molar-refractivity contribution in [3.05, 3.63) is 65.2 Å². The Kier molecular flexibility index (Phi) is 5.11.